The zero-order valence-electron chi connectivity index (χ0n) is 13.9. The second-order valence-electron chi connectivity index (χ2n) is 5.94. The van der Waals surface area contributed by atoms with Crippen molar-refractivity contribution in [2.24, 2.45) is 14.1 Å². The third-order valence-electron chi connectivity index (χ3n) is 4.27. The van der Waals surface area contributed by atoms with Crippen molar-refractivity contribution in [3.63, 3.8) is 0 Å². The van der Waals surface area contributed by atoms with E-state index in [-0.39, 0.29) is 22.3 Å². The van der Waals surface area contributed by atoms with E-state index in [9.17, 15) is 18.0 Å². The molecule has 0 aliphatic carbocycles. The molecule has 1 fully saturated rings. The van der Waals surface area contributed by atoms with Crippen LogP contribution < -0.4 is 5.56 Å². The second kappa shape index (κ2) is 6.39. The smallest absolute Gasteiger partial charge is 0.274 e. The van der Waals surface area contributed by atoms with E-state index in [0.29, 0.717) is 25.9 Å². The van der Waals surface area contributed by atoms with Gasteiger partial charge in [-0.05, 0) is 18.9 Å². The third-order valence-corrected chi connectivity index (χ3v) is 6.50. The Morgan fingerprint density at radius 1 is 1.20 bits per heavy atom. The van der Waals surface area contributed by atoms with Gasteiger partial charge in [0.2, 0.25) is 15.0 Å². The van der Waals surface area contributed by atoms with Crippen LogP contribution in [0, 0.1) is 0 Å². The molecule has 1 aliphatic rings. The summed E-state index contributed by atoms with van der Waals surface area (Å²) in [7, 11) is -0.534. The Labute approximate surface area is 144 Å². The summed E-state index contributed by atoms with van der Waals surface area (Å²) < 4.78 is 27.7. The summed E-state index contributed by atoms with van der Waals surface area (Å²) in [5.74, 6) is -0.315. The van der Waals surface area contributed by atoms with Crippen molar-refractivity contribution >= 4 is 15.7 Å². The number of carbonyl (C=O) groups is 1. The first-order valence-corrected chi connectivity index (χ1v) is 9.27. The van der Waals surface area contributed by atoms with Gasteiger partial charge in [-0.15, -0.1) is 10.2 Å². The van der Waals surface area contributed by atoms with E-state index in [2.05, 4.69) is 15.3 Å². The largest absolute Gasteiger partial charge is 0.337 e. The zero-order chi connectivity index (χ0) is 18.2. The van der Waals surface area contributed by atoms with Crippen molar-refractivity contribution in [1.82, 2.24) is 29.4 Å². The highest BCUT2D eigenvalue weighted by molar-refractivity contribution is 7.91. The molecule has 2 aromatic heterocycles. The first-order valence-electron chi connectivity index (χ1n) is 7.72. The maximum absolute atomic E-state index is 12.6. The molecule has 0 spiro atoms. The molecule has 0 bridgehead atoms. The molecule has 0 saturated carbocycles. The van der Waals surface area contributed by atoms with Gasteiger partial charge in [0.1, 0.15) is 12.0 Å². The van der Waals surface area contributed by atoms with Crippen molar-refractivity contribution < 1.29 is 13.2 Å². The number of carbonyl (C=O) groups excluding carboxylic acids is 1. The van der Waals surface area contributed by atoms with Crippen molar-refractivity contribution in [2.45, 2.75) is 23.2 Å². The minimum atomic E-state index is -3.59. The standard InChI is InChI=1S/C14H18N6O4S/c1-18-9-15-16-14(18)25(23,24)10-5-7-20(8-6-10)13(22)11-3-4-12(21)19(2)17-11/h3-4,9-10H,5-8H2,1-2H3. The molecule has 3 rings (SSSR count). The summed E-state index contributed by atoms with van der Waals surface area (Å²) in [6.45, 7) is 0.593. The number of aryl methyl sites for hydroxylation is 2. The minimum Gasteiger partial charge on any atom is -0.337 e. The Kier molecular flexibility index (Phi) is 4.41. The predicted molar refractivity (Wildman–Crippen MR) is 86.6 cm³/mol. The molecular formula is C14H18N6O4S. The number of rotatable bonds is 3. The van der Waals surface area contributed by atoms with Gasteiger partial charge in [-0.25, -0.2) is 13.1 Å². The predicted octanol–water partition coefficient (Wildman–Crippen LogP) is -1.01. The number of piperidine rings is 1. The van der Waals surface area contributed by atoms with E-state index < -0.39 is 15.1 Å². The maximum atomic E-state index is 12.6. The number of amides is 1. The number of aromatic nitrogens is 5. The lowest BCUT2D eigenvalue weighted by Crippen LogP contribution is -2.43. The zero-order valence-corrected chi connectivity index (χ0v) is 14.7. The number of sulfone groups is 1. The Balaban J connectivity index is 1.71. The number of hydrogen-bond acceptors (Lipinski definition) is 7. The highest BCUT2D eigenvalue weighted by Crippen LogP contribution is 2.23. The number of likely N-dealkylation sites (tertiary alicyclic amines) is 1. The highest BCUT2D eigenvalue weighted by Gasteiger charge is 2.35. The van der Waals surface area contributed by atoms with Gasteiger partial charge in [0.15, 0.2) is 0 Å². The van der Waals surface area contributed by atoms with Crippen LogP contribution in [0.3, 0.4) is 0 Å². The van der Waals surface area contributed by atoms with Crippen LogP contribution in [0.15, 0.2) is 28.4 Å². The van der Waals surface area contributed by atoms with Crippen LogP contribution in [0.5, 0.6) is 0 Å². The lowest BCUT2D eigenvalue weighted by Gasteiger charge is -2.31. The summed E-state index contributed by atoms with van der Waals surface area (Å²) in [6, 6.07) is 2.67. The summed E-state index contributed by atoms with van der Waals surface area (Å²) in [4.78, 5) is 25.4. The van der Waals surface area contributed by atoms with Crippen LogP contribution in [0.2, 0.25) is 0 Å². The quantitative estimate of drug-likeness (QED) is 0.682. The van der Waals surface area contributed by atoms with E-state index in [1.807, 2.05) is 0 Å². The molecular weight excluding hydrogens is 348 g/mol. The molecule has 0 aromatic carbocycles. The molecule has 134 valence electrons. The van der Waals surface area contributed by atoms with Gasteiger partial charge in [0.05, 0.1) is 5.25 Å². The first-order chi connectivity index (χ1) is 11.8. The SMILES string of the molecule is Cn1cnnc1S(=O)(=O)C1CCN(C(=O)c2ccc(=O)n(C)n2)CC1. The van der Waals surface area contributed by atoms with Gasteiger partial charge in [-0.3, -0.25) is 9.59 Å². The van der Waals surface area contributed by atoms with E-state index in [1.165, 1.54) is 30.1 Å². The maximum Gasteiger partial charge on any atom is 0.274 e. The van der Waals surface area contributed by atoms with Crippen LogP contribution >= 0.6 is 0 Å². The molecule has 0 N–H and O–H groups in total. The Morgan fingerprint density at radius 2 is 1.88 bits per heavy atom. The fourth-order valence-corrected chi connectivity index (χ4v) is 4.57. The molecule has 11 heteroatoms. The van der Waals surface area contributed by atoms with Gasteiger partial charge in [0.25, 0.3) is 11.5 Å². The molecule has 1 amide bonds. The van der Waals surface area contributed by atoms with Crippen molar-refractivity contribution in [2.75, 3.05) is 13.1 Å². The number of nitrogens with zero attached hydrogens (tertiary/aromatic N) is 6. The van der Waals surface area contributed by atoms with E-state index in [1.54, 1.807) is 11.9 Å². The van der Waals surface area contributed by atoms with Crippen molar-refractivity contribution in [3.8, 4) is 0 Å². The van der Waals surface area contributed by atoms with Gasteiger partial charge in [-0.1, -0.05) is 0 Å². The molecule has 1 aliphatic heterocycles. The Bertz CT molecular complexity index is 956. The highest BCUT2D eigenvalue weighted by atomic mass is 32.2. The van der Waals surface area contributed by atoms with E-state index >= 15 is 0 Å². The molecule has 10 nitrogen and oxygen atoms in total. The second-order valence-corrected chi connectivity index (χ2v) is 8.06. The summed E-state index contributed by atoms with van der Waals surface area (Å²) >= 11 is 0. The normalized spacial score (nSPS) is 16.2. The summed E-state index contributed by atoms with van der Waals surface area (Å²) in [6.07, 6.45) is 1.97. The molecule has 2 aromatic rings. The third kappa shape index (κ3) is 3.18. The van der Waals surface area contributed by atoms with Gasteiger partial charge >= 0.3 is 0 Å². The molecule has 0 atom stereocenters. The molecule has 3 heterocycles. The summed E-state index contributed by atoms with van der Waals surface area (Å²) in [5, 5.41) is 10.6. The average Bonchev–Trinajstić information content (AvgIpc) is 3.04. The number of hydrogen-bond donors (Lipinski definition) is 0. The Morgan fingerprint density at radius 3 is 2.44 bits per heavy atom. The van der Waals surface area contributed by atoms with Crippen molar-refractivity contribution in [3.05, 3.63) is 34.5 Å². The summed E-state index contributed by atoms with van der Waals surface area (Å²) in [5.41, 5.74) is -0.137. The average molecular weight is 366 g/mol. The topological polar surface area (TPSA) is 120 Å². The monoisotopic (exact) mass is 366 g/mol. The first kappa shape index (κ1) is 17.3. The molecule has 25 heavy (non-hydrogen) atoms. The van der Waals surface area contributed by atoms with E-state index in [4.69, 9.17) is 0 Å². The van der Waals surface area contributed by atoms with Gasteiger partial charge in [-0.2, -0.15) is 5.10 Å². The van der Waals surface area contributed by atoms with Crippen LogP contribution in [0.25, 0.3) is 0 Å². The van der Waals surface area contributed by atoms with Gasteiger partial charge in [0, 0.05) is 33.3 Å². The lowest BCUT2D eigenvalue weighted by molar-refractivity contribution is 0.0717. The van der Waals surface area contributed by atoms with E-state index in [0.717, 1.165) is 4.68 Å². The fraction of sp³-hybridized carbons (Fsp3) is 0.500. The fourth-order valence-electron chi connectivity index (χ4n) is 2.83. The molecule has 1 saturated heterocycles. The van der Waals surface area contributed by atoms with Crippen LogP contribution in [-0.4, -0.2) is 62.1 Å². The van der Waals surface area contributed by atoms with Crippen LogP contribution in [0.1, 0.15) is 23.3 Å². The minimum absolute atomic E-state index is 0.0583. The van der Waals surface area contributed by atoms with Crippen LogP contribution in [0.4, 0.5) is 0 Å². The molecule has 0 radical (unpaired) electrons. The van der Waals surface area contributed by atoms with Crippen LogP contribution in [-0.2, 0) is 23.9 Å². The van der Waals surface area contributed by atoms with Gasteiger partial charge < -0.3 is 9.47 Å². The lowest BCUT2D eigenvalue weighted by atomic mass is 10.1. The Hall–Kier alpha value is -2.56. The molecule has 0 unspecified atom stereocenters. The van der Waals surface area contributed by atoms with Crippen molar-refractivity contribution in [1.29, 1.82) is 0 Å².